The van der Waals surface area contributed by atoms with Crippen molar-refractivity contribution in [2.45, 2.75) is 5.41 Å². The Hall–Kier alpha value is -7.43. The van der Waals surface area contributed by atoms with E-state index < -0.39 is 5.41 Å². The van der Waals surface area contributed by atoms with Gasteiger partial charge in [0.15, 0.2) is 17.5 Å². The molecule has 12 rings (SSSR count). The summed E-state index contributed by atoms with van der Waals surface area (Å²) in [5.74, 6) is 1.86. The van der Waals surface area contributed by atoms with E-state index in [0.717, 1.165) is 49.8 Å². The van der Waals surface area contributed by atoms with E-state index in [0.29, 0.717) is 17.5 Å². The summed E-state index contributed by atoms with van der Waals surface area (Å²) in [6.07, 6.45) is 0. The first-order valence-electron chi connectivity index (χ1n) is 19.0. The normalized spacial score (nSPS) is 13.1. The van der Waals surface area contributed by atoms with Crippen molar-refractivity contribution in [3.05, 3.63) is 210 Å². The van der Waals surface area contributed by atoms with Gasteiger partial charge in [0, 0.05) is 27.5 Å². The molecule has 56 heavy (non-hydrogen) atoms. The lowest BCUT2D eigenvalue weighted by molar-refractivity contribution is 0.669. The topological polar surface area (TPSA) is 51.8 Å². The molecule has 0 radical (unpaired) electrons. The van der Waals surface area contributed by atoms with Gasteiger partial charge in [-0.15, -0.1) is 0 Å². The van der Waals surface area contributed by atoms with Gasteiger partial charge in [-0.3, -0.25) is 0 Å². The zero-order valence-corrected chi connectivity index (χ0v) is 30.1. The van der Waals surface area contributed by atoms with Gasteiger partial charge in [0.25, 0.3) is 0 Å². The maximum Gasteiger partial charge on any atom is 0.164 e. The van der Waals surface area contributed by atoms with Gasteiger partial charge < -0.3 is 4.42 Å². The van der Waals surface area contributed by atoms with Gasteiger partial charge in [0.05, 0.1) is 5.41 Å². The molecule has 2 aromatic heterocycles. The Morgan fingerprint density at radius 2 is 0.786 bits per heavy atom. The molecule has 2 heterocycles. The molecule has 2 aliphatic rings. The van der Waals surface area contributed by atoms with Crippen molar-refractivity contribution in [3.8, 4) is 67.5 Å². The lowest BCUT2D eigenvalue weighted by Gasteiger charge is -2.30. The molecule has 0 atom stereocenters. The smallest absolute Gasteiger partial charge is 0.164 e. The van der Waals surface area contributed by atoms with E-state index in [-0.39, 0.29) is 0 Å². The molecule has 0 amide bonds. The summed E-state index contributed by atoms with van der Waals surface area (Å²) < 4.78 is 6.66. The third-order valence-corrected chi connectivity index (χ3v) is 11.7. The molecule has 0 bridgehead atoms. The summed E-state index contributed by atoms with van der Waals surface area (Å²) in [4.78, 5) is 15.3. The van der Waals surface area contributed by atoms with Crippen molar-refractivity contribution in [3.63, 3.8) is 0 Å². The van der Waals surface area contributed by atoms with Crippen LogP contribution < -0.4 is 0 Å². The van der Waals surface area contributed by atoms with Crippen molar-refractivity contribution in [1.82, 2.24) is 15.0 Å². The standard InChI is InChI=1S/C52H31N3O/c1-3-14-32(15-4-1)34-18-13-19-35(28-34)50-53-49(33-16-5-2-6-17-33)54-51(55-50)36-26-27-47-41(29-36)42-30-46-40(31-48(42)56-47)39-22-9-12-25-45(39)52(46)43-23-10-7-20-37(43)38-21-8-11-24-44(38)52/h1-31H. The van der Waals surface area contributed by atoms with Crippen molar-refractivity contribution in [2.24, 2.45) is 0 Å². The molecule has 0 fully saturated rings. The molecular weight excluding hydrogens is 683 g/mol. The summed E-state index contributed by atoms with van der Waals surface area (Å²) in [7, 11) is 0. The number of hydrogen-bond donors (Lipinski definition) is 0. The molecular formula is C52H31N3O. The second kappa shape index (κ2) is 11.8. The number of benzene rings is 8. The first-order valence-corrected chi connectivity index (χ1v) is 19.0. The minimum absolute atomic E-state index is 0.434. The van der Waals surface area contributed by atoms with Crippen LogP contribution in [-0.4, -0.2) is 15.0 Å². The Labute approximate surface area is 323 Å². The third kappa shape index (κ3) is 4.38. The summed E-state index contributed by atoms with van der Waals surface area (Å²) in [6, 6.07) is 66.6. The number of fused-ring (bicyclic) bond motifs is 13. The second-order valence-electron chi connectivity index (χ2n) is 14.7. The molecule has 4 heteroatoms. The summed E-state index contributed by atoms with van der Waals surface area (Å²) >= 11 is 0. The monoisotopic (exact) mass is 713 g/mol. The van der Waals surface area contributed by atoms with Crippen LogP contribution in [0.4, 0.5) is 0 Å². The maximum atomic E-state index is 6.66. The lowest BCUT2D eigenvalue weighted by Crippen LogP contribution is -2.25. The highest BCUT2D eigenvalue weighted by molar-refractivity contribution is 6.09. The predicted molar refractivity (Wildman–Crippen MR) is 225 cm³/mol. The fraction of sp³-hybridized carbons (Fsp3) is 0.0192. The molecule has 10 aromatic rings. The van der Waals surface area contributed by atoms with Gasteiger partial charge >= 0.3 is 0 Å². The van der Waals surface area contributed by atoms with Crippen molar-refractivity contribution in [2.75, 3.05) is 0 Å². The lowest BCUT2D eigenvalue weighted by atomic mass is 9.70. The summed E-state index contributed by atoms with van der Waals surface area (Å²) in [6.45, 7) is 0. The SMILES string of the molecule is c1ccc(-c2cccc(-c3nc(-c4ccccc4)nc(-c4ccc5oc6cc7c(cc6c5c4)C4(c5ccccc5-c5ccccc54)c4ccccc4-7)n3)c2)cc1. The predicted octanol–water partition coefficient (Wildman–Crippen LogP) is 12.8. The van der Waals surface area contributed by atoms with Crippen molar-refractivity contribution < 1.29 is 4.42 Å². The Kier molecular flexibility index (Phi) is 6.52. The van der Waals surface area contributed by atoms with Gasteiger partial charge in [-0.25, -0.2) is 15.0 Å². The Morgan fingerprint density at radius 3 is 1.43 bits per heavy atom. The molecule has 0 saturated carbocycles. The van der Waals surface area contributed by atoms with E-state index in [4.69, 9.17) is 19.4 Å². The molecule has 1 spiro atoms. The summed E-state index contributed by atoms with van der Waals surface area (Å²) in [5.41, 5.74) is 16.6. The Morgan fingerprint density at radius 1 is 0.304 bits per heavy atom. The zero-order valence-electron chi connectivity index (χ0n) is 30.1. The fourth-order valence-electron chi connectivity index (χ4n) is 9.32. The van der Waals surface area contributed by atoms with Crippen LogP contribution in [0.5, 0.6) is 0 Å². The highest BCUT2D eigenvalue weighted by Gasteiger charge is 2.51. The van der Waals surface area contributed by atoms with Crippen LogP contribution in [0.25, 0.3) is 89.5 Å². The van der Waals surface area contributed by atoms with E-state index in [1.807, 2.05) is 36.4 Å². The molecule has 0 N–H and O–H groups in total. The van der Waals surface area contributed by atoms with E-state index >= 15 is 0 Å². The third-order valence-electron chi connectivity index (χ3n) is 11.7. The number of aromatic nitrogens is 3. The van der Waals surface area contributed by atoms with Crippen LogP contribution in [-0.2, 0) is 5.41 Å². The zero-order chi connectivity index (χ0) is 36.8. The average Bonchev–Trinajstić information content (AvgIpc) is 3.89. The van der Waals surface area contributed by atoms with E-state index in [1.165, 1.54) is 44.5 Å². The largest absolute Gasteiger partial charge is 0.456 e. The Balaban J connectivity index is 1.07. The van der Waals surface area contributed by atoms with Gasteiger partial charge in [0.1, 0.15) is 11.2 Å². The molecule has 8 aromatic carbocycles. The van der Waals surface area contributed by atoms with Gasteiger partial charge in [0.2, 0.25) is 0 Å². The highest BCUT2D eigenvalue weighted by atomic mass is 16.3. The Bertz CT molecular complexity index is 3160. The van der Waals surface area contributed by atoms with Gasteiger partial charge in [-0.1, -0.05) is 152 Å². The number of rotatable bonds is 4. The molecule has 0 unspecified atom stereocenters. The van der Waals surface area contributed by atoms with E-state index in [2.05, 4.69) is 152 Å². The minimum Gasteiger partial charge on any atom is -0.456 e. The van der Waals surface area contributed by atoms with Crippen molar-refractivity contribution >= 4 is 21.9 Å². The number of furan rings is 1. The average molecular weight is 714 g/mol. The fourth-order valence-corrected chi connectivity index (χ4v) is 9.32. The van der Waals surface area contributed by atoms with Crippen LogP contribution in [0.2, 0.25) is 0 Å². The van der Waals surface area contributed by atoms with Crippen LogP contribution in [0.3, 0.4) is 0 Å². The molecule has 4 nitrogen and oxygen atoms in total. The first kappa shape index (κ1) is 31.0. The quantitative estimate of drug-likeness (QED) is 0.182. The number of hydrogen-bond acceptors (Lipinski definition) is 4. The van der Waals surface area contributed by atoms with Crippen LogP contribution in [0, 0.1) is 0 Å². The number of nitrogens with zero attached hydrogens (tertiary/aromatic N) is 3. The van der Waals surface area contributed by atoms with Crippen LogP contribution >= 0.6 is 0 Å². The maximum absolute atomic E-state index is 6.66. The molecule has 0 saturated heterocycles. The van der Waals surface area contributed by atoms with Crippen LogP contribution in [0.15, 0.2) is 192 Å². The molecule has 260 valence electrons. The van der Waals surface area contributed by atoms with Gasteiger partial charge in [-0.05, 0) is 92.0 Å². The first-order chi connectivity index (χ1) is 27.7. The molecule has 0 aliphatic heterocycles. The minimum atomic E-state index is -0.434. The second-order valence-corrected chi connectivity index (χ2v) is 14.7. The molecule has 2 aliphatic carbocycles. The summed E-state index contributed by atoms with van der Waals surface area (Å²) in [5, 5.41) is 2.10. The van der Waals surface area contributed by atoms with Crippen molar-refractivity contribution in [1.29, 1.82) is 0 Å². The van der Waals surface area contributed by atoms with Gasteiger partial charge in [-0.2, -0.15) is 0 Å². The van der Waals surface area contributed by atoms with E-state index in [9.17, 15) is 0 Å². The highest BCUT2D eigenvalue weighted by Crippen LogP contribution is 2.63. The van der Waals surface area contributed by atoms with Crippen LogP contribution in [0.1, 0.15) is 22.3 Å². The van der Waals surface area contributed by atoms with E-state index in [1.54, 1.807) is 0 Å².